The SMILES string of the molecule is CC/C=C\C/C=C\C/C=C\C/C=C\C=C\C(O)CCCC(=O)O[C@H](CO/C=C/CCCCCCCCCCCCCCCC)COP(=O)(O)OCC[N+](C)(C)C. The van der Waals surface area contributed by atoms with Crippen molar-refractivity contribution < 1.29 is 42.4 Å². The van der Waals surface area contributed by atoms with Crippen molar-refractivity contribution in [2.75, 3.05) is 47.5 Å². The van der Waals surface area contributed by atoms with Crippen molar-refractivity contribution in [3.05, 3.63) is 73.1 Å². The van der Waals surface area contributed by atoms with Gasteiger partial charge in [0, 0.05) is 6.42 Å². The predicted molar refractivity (Wildman–Crippen MR) is 234 cm³/mol. The first-order valence-electron chi connectivity index (χ1n) is 21.8. The van der Waals surface area contributed by atoms with E-state index >= 15 is 0 Å². The van der Waals surface area contributed by atoms with Crippen LogP contribution in [0.1, 0.15) is 155 Å². The molecule has 0 heterocycles. The summed E-state index contributed by atoms with van der Waals surface area (Å²) in [7, 11) is 1.51. The molecule has 0 saturated carbocycles. The normalized spacial score (nSPS) is 15.0. The number of rotatable bonds is 39. The van der Waals surface area contributed by atoms with E-state index in [0.717, 1.165) is 38.5 Å². The van der Waals surface area contributed by atoms with Crippen molar-refractivity contribution in [3.63, 3.8) is 0 Å². The Morgan fingerprint density at radius 1 is 0.679 bits per heavy atom. The number of allylic oxidation sites excluding steroid dienone is 10. The van der Waals surface area contributed by atoms with E-state index in [1.54, 1.807) is 12.3 Å². The monoisotopic (exact) mass is 809 g/mol. The number of nitrogens with zero attached hydrogens (tertiary/aromatic N) is 1. The molecular weight excluding hydrogens is 725 g/mol. The van der Waals surface area contributed by atoms with Crippen LogP contribution in [0.4, 0.5) is 0 Å². The van der Waals surface area contributed by atoms with Crippen LogP contribution in [0.15, 0.2) is 73.1 Å². The third-order valence-corrected chi connectivity index (χ3v) is 9.93. The molecule has 0 aromatic rings. The maximum absolute atomic E-state index is 12.7. The summed E-state index contributed by atoms with van der Waals surface area (Å²) in [5, 5.41) is 10.3. The molecule has 0 rings (SSSR count). The molecule has 0 amide bonds. The lowest BCUT2D eigenvalue weighted by molar-refractivity contribution is -0.870. The zero-order valence-electron chi connectivity index (χ0n) is 36.2. The van der Waals surface area contributed by atoms with Crippen LogP contribution in [0.5, 0.6) is 0 Å². The van der Waals surface area contributed by atoms with E-state index in [9.17, 15) is 19.4 Å². The maximum Gasteiger partial charge on any atom is 0.472 e. The van der Waals surface area contributed by atoms with Crippen molar-refractivity contribution in [1.29, 1.82) is 0 Å². The highest BCUT2D eigenvalue weighted by atomic mass is 31.2. The molecule has 0 fully saturated rings. The number of carbonyl (C=O) groups excluding carboxylic acids is 1. The topological polar surface area (TPSA) is 112 Å². The number of hydrogen-bond donors (Lipinski definition) is 2. The van der Waals surface area contributed by atoms with E-state index in [4.69, 9.17) is 18.5 Å². The lowest BCUT2D eigenvalue weighted by Gasteiger charge is -2.24. The summed E-state index contributed by atoms with van der Waals surface area (Å²) in [5.74, 6) is -0.498. The second-order valence-electron chi connectivity index (χ2n) is 15.6. The van der Waals surface area contributed by atoms with Crippen LogP contribution in [0, 0.1) is 0 Å². The first-order valence-corrected chi connectivity index (χ1v) is 23.3. The van der Waals surface area contributed by atoms with Crippen LogP contribution < -0.4 is 0 Å². The summed E-state index contributed by atoms with van der Waals surface area (Å²) in [5.41, 5.74) is 0. The molecule has 0 aromatic carbocycles. The predicted octanol–water partition coefficient (Wildman–Crippen LogP) is 12.0. The fourth-order valence-electron chi connectivity index (χ4n) is 5.55. The molecule has 324 valence electrons. The molecule has 0 radical (unpaired) electrons. The third kappa shape index (κ3) is 41.4. The van der Waals surface area contributed by atoms with Gasteiger partial charge in [-0.3, -0.25) is 13.8 Å². The second-order valence-corrected chi connectivity index (χ2v) is 17.1. The van der Waals surface area contributed by atoms with Gasteiger partial charge in [-0.1, -0.05) is 158 Å². The van der Waals surface area contributed by atoms with Crippen LogP contribution in [0.3, 0.4) is 0 Å². The largest absolute Gasteiger partial charge is 0.498 e. The Morgan fingerprint density at radius 2 is 1.23 bits per heavy atom. The van der Waals surface area contributed by atoms with Crippen LogP contribution in [-0.2, 0) is 27.9 Å². The van der Waals surface area contributed by atoms with Crippen LogP contribution in [-0.4, -0.2) is 80.2 Å². The minimum absolute atomic E-state index is 0.0277. The summed E-state index contributed by atoms with van der Waals surface area (Å²) >= 11 is 0. The average Bonchev–Trinajstić information content (AvgIpc) is 3.14. The third-order valence-electron chi connectivity index (χ3n) is 8.95. The Labute approximate surface area is 343 Å². The quantitative estimate of drug-likeness (QED) is 0.0120. The number of aliphatic hydroxyl groups is 1. The lowest BCUT2D eigenvalue weighted by Crippen LogP contribution is -2.37. The molecule has 0 bridgehead atoms. The molecule has 2 N–H and O–H groups in total. The Kier molecular flexibility index (Phi) is 36.7. The first-order chi connectivity index (χ1) is 27.0. The highest BCUT2D eigenvalue weighted by Crippen LogP contribution is 2.43. The molecule has 0 aliphatic heterocycles. The molecule has 0 aromatic heterocycles. The van der Waals surface area contributed by atoms with Gasteiger partial charge < -0.3 is 24.0 Å². The van der Waals surface area contributed by atoms with Gasteiger partial charge in [0.2, 0.25) is 0 Å². The molecule has 9 nitrogen and oxygen atoms in total. The number of phosphoric acid groups is 1. The molecule has 10 heteroatoms. The Balaban J connectivity index is 4.51. The molecule has 3 atom stereocenters. The summed E-state index contributed by atoms with van der Waals surface area (Å²) in [6.45, 7) is 4.58. The molecule has 0 spiro atoms. The highest BCUT2D eigenvalue weighted by Gasteiger charge is 2.26. The summed E-state index contributed by atoms with van der Waals surface area (Å²) in [6, 6.07) is 0. The van der Waals surface area contributed by atoms with Crippen molar-refractivity contribution in [1.82, 2.24) is 0 Å². The number of ether oxygens (including phenoxy) is 2. The van der Waals surface area contributed by atoms with Gasteiger partial charge in [0.15, 0.2) is 6.10 Å². The van der Waals surface area contributed by atoms with E-state index in [-0.39, 0.29) is 26.2 Å². The highest BCUT2D eigenvalue weighted by molar-refractivity contribution is 7.47. The zero-order chi connectivity index (χ0) is 41.4. The Bertz CT molecular complexity index is 1140. The molecule has 0 aliphatic rings. The Hall–Kier alpha value is -2.26. The smallest absolute Gasteiger partial charge is 0.472 e. The van der Waals surface area contributed by atoms with Gasteiger partial charge >= 0.3 is 13.8 Å². The number of quaternary nitrogens is 1. The summed E-state index contributed by atoms with van der Waals surface area (Å²) in [6.07, 6.45) is 46.3. The molecule has 2 unspecified atom stereocenters. The van der Waals surface area contributed by atoms with E-state index in [0.29, 0.717) is 23.9 Å². The zero-order valence-corrected chi connectivity index (χ0v) is 37.1. The van der Waals surface area contributed by atoms with Crippen LogP contribution in [0.2, 0.25) is 0 Å². The minimum Gasteiger partial charge on any atom is -0.498 e. The molecule has 0 saturated heterocycles. The van der Waals surface area contributed by atoms with Gasteiger partial charge in [-0.2, -0.15) is 0 Å². The Morgan fingerprint density at radius 3 is 1.80 bits per heavy atom. The van der Waals surface area contributed by atoms with Crippen molar-refractivity contribution in [2.45, 2.75) is 167 Å². The number of phosphoric ester groups is 1. The lowest BCUT2D eigenvalue weighted by atomic mass is 10.0. The molecular formula is C46H83NO8P+. The van der Waals surface area contributed by atoms with Crippen LogP contribution in [0.25, 0.3) is 0 Å². The van der Waals surface area contributed by atoms with Gasteiger partial charge in [0.05, 0.1) is 40.1 Å². The second kappa shape index (κ2) is 38.3. The fraction of sp³-hybridized carbons (Fsp3) is 0.717. The molecule has 0 aliphatic carbocycles. The van der Waals surface area contributed by atoms with Gasteiger partial charge in [0.1, 0.15) is 19.8 Å². The van der Waals surface area contributed by atoms with Crippen molar-refractivity contribution in [3.8, 4) is 0 Å². The van der Waals surface area contributed by atoms with Crippen molar-refractivity contribution in [2.24, 2.45) is 0 Å². The summed E-state index contributed by atoms with van der Waals surface area (Å²) < 4.78 is 34.5. The van der Waals surface area contributed by atoms with E-state index < -0.39 is 26.0 Å². The van der Waals surface area contributed by atoms with Gasteiger partial charge in [-0.25, -0.2) is 4.57 Å². The standard InChI is InChI=1S/C46H82NO8P/c1-6-8-10-12-14-16-18-20-21-22-24-26-28-30-32-34-40-52-42-45(43-54-56(50,51)53-41-39-47(3,4)5)55-46(49)38-35-37-44(48)36-33-31-29-27-25-23-19-17-15-13-11-9-7-2/h9,11,15,17,23,25,29,31,33-34,36,40,44-45,48H,6-8,10,12-14,16,18-22,24,26-28,30,32,35,37-39,41-43H2,1-5H3/p+1/b11-9-,17-15-,25-23-,31-29-,36-33+,40-34+/t44?,45-/m1/s1. The van der Waals surface area contributed by atoms with Gasteiger partial charge in [0.25, 0.3) is 0 Å². The number of carbonyl (C=O) groups is 1. The van der Waals surface area contributed by atoms with E-state index in [1.165, 1.54) is 83.5 Å². The number of unbranched alkanes of at least 4 members (excludes halogenated alkanes) is 14. The summed E-state index contributed by atoms with van der Waals surface area (Å²) in [4.78, 5) is 22.9. The first kappa shape index (κ1) is 53.7. The van der Waals surface area contributed by atoms with Gasteiger partial charge in [-0.05, 0) is 57.4 Å². The fourth-order valence-corrected chi connectivity index (χ4v) is 6.29. The number of aliphatic hydroxyl groups excluding tert-OH is 1. The number of likely N-dealkylation sites (N-methyl/N-ethyl adjacent to an activating group) is 1. The van der Waals surface area contributed by atoms with E-state index in [1.807, 2.05) is 45.4 Å². The number of esters is 1. The van der Waals surface area contributed by atoms with Gasteiger partial charge in [-0.15, -0.1) is 0 Å². The van der Waals surface area contributed by atoms with Crippen molar-refractivity contribution >= 4 is 13.8 Å². The minimum atomic E-state index is -4.35. The maximum atomic E-state index is 12.7. The van der Waals surface area contributed by atoms with Crippen LogP contribution >= 0.6 is 7.82 Å². The average molecular weight is 809 g/mol. The molecule has 56 heavy (non-hydrogen) atoms. The number of hydrogen-bond acceptors (Lipinski definition) is 7. The van der Waals surface area contributed by atoms with E-state index in [2.05, 4.69) is 50.3 Å².